The molecule has 1 aromatic rings. The molecule has 7 nitrogen and oxygen atoms in total. The molecule has 0 heterocycles. The largest absolute Gasteiger partial charge is 0.480 e. The first-order valence-electron chi connectivity index (χ1n) is 8.12. The smallest absolute Gasteiger partial charge is 0.337 e. The summed E-state index contributed by atoms with van der Waals surface area (Å²) in [5.41, 5.74) is 2.58. The fraction of sp³-hybridized carbons (Fsp3) is 0.526. The topological polar surface area (TPSA) is 127 Å². The molecule has 26 heavy (non-hydrogen) atoms. The van der Waals surface area contributed by atoms with Crippen molar-refractivity contribution in [1.29, 1.82) is 0 Å². The summed E-state index contributed by atoms with van der Waals surface area (Å²) in [6.45, 7) is 10.0. The van der Waals surface area contributed by atoms with Crippen molar-refractivity contribution in [2.24, 2.45) is 5.41 Å². The molecule has 0 aliphatic carbocycles. The second-order valence-electron chi connectivity index (χ2n) is 8.34. The van der Waals surface area contributed by atoms with Gasteiger partial charge in [-0.05, 0) is 28.5 Å². The number of carbonyl (C=O) groups excluding carboxylic acids is 1. The Morgan fingerprint density at radius 3 is 1.65 bits per heavy atom. The number of anilines is 1. The third-order valence-electron chi connectivity index (χ3n) is 4.58. The number of aliphatic carboxylic acids is 2. The quantitative estimate of drug-likeness (QED) is 0.425. The van der Waals surface area contributed by atoms with Crippen molar-refractivity contribution in [3.63, 3.8) is 0 Å². The standard InChI is InChI=1S/C19H27NO6/c1-17(2,3)11-8-10(14(21)26-7)9-12(13(11)20)19(15(22)23,16(24)25)18(4,5)6/h8-9H,20H2,1-7H3,(H,22,23)(H,24,25). The average molecular weight is 365 g/mol. The number of carboxylic acid groups (broad SMARTS) is 2. The maximum atomic E-state index is 12.2. The second kappa shape index (κ2) is 6.63. The van der Waals surface area contributed by atoms with Crippen molar-refractivity contribution in [2.75, 3.05) is 12.8 Å². The first-order chi connectivity index (χ1) is 11.6. The van der Waals surface area contributed by atoms with E-state index in [9.17, 15) is 24.6 Å². The van der Waals surface area contributed by atoms with Crippen molar-refractivity contribution < 1.29 is 29.3 Å². The molecule has 144 valence electrons. The Morgan fingerprint density at radius 1 is 0.923 bits per heavy atom. The highest BCUT2D eigenvalue weighted by Crippen LogP contribution is 2.47. The summed E-state index contributed by atoms with van der Waals surface area (Å²) in [4.78, 5) is 36.6. The summed E-state index contributed by atoms with van der Waals surface area (Å²) < 4.78 is 4.74. The number of nitrogen functional groups attached to an aromatic ring is 1. The fourth-order valence-electron chi connectivity index (χ4n) is 3.19. The molecule has 0 radical (unpaired) electrons. The van der Waals surface area contributed by atoms with Gasteiger partial charge in [0.15, 0.2) is 5.41 Å². The molecule has 0 bridgehead atoms. The lowest BCUT2D eigenvalue weighted by Gasteiger charge is -2.39. The molecule has 1 rings (SSSR count). The van der Waals surface area contributed by atoms with Crippen LogP contribution in [0.25, 0.3) is 0 Å². The van der Waals surface area contributed by atoms with Crippen LogP contribution in [0.15, 0.2) is 12.1 Å². The van der Waals surface area contributed by atoms with Crippen LogP contribution in [0.3, 0.4) is 0 Å². The summed E-state index contributed by atoms with van der Waals surface area (Å²) in [6.07, 6.45) is 0. The van der Waals surface area contributed by atoms with Crippen molar-refractivity contribution >= 4 is 23.6 Å². The first-order valence-corrected chi connectivity index (χ1v) is 8.12. The molecule has 0 amide bonds. The molecule has 0 saturated heterocycles. The number of esters is 1. The molecular formula is C19H27NO6. The second-order valence-corrected chi connectivity index (χ2v) is 8.34. The number of nitrogens with two attached hydrogens (primary N) is 1. The van der Waals surface area contributed by atoms with Crippen LogP contribution in [0.4, 0.5) is 5.69 Å². The van der Waals surface area contributed by atoms with E-state index in [0.717, 1.165) is 0 Å². The van der Waals surface area contributed by atoms with E-state index >= 15 is 0 Å². The summed E-state index contributed by atoms with van der Waals surface area (Å²) in [6, 6.07) is 2.73. The summed E-state index contributed by atoms with van der Waals surface area (Å²) in [5.74, 6) is -3.80. The van der Waals surface area contributed by atoms with Gasteiger partial charge in [-0.3, -0.25) is 9.59 Å². The lowest BCUT2D eigenvalue weighted by atomic mass is 9.61. The minimum absolute atomic E-state index is 0.0462. The molecule has 7 heteroatoms. The van der Waals surface area contributed by atoms with Crippen LogP contribution in [-0.2, 0) is 25.2 Å². The molecule has 0 unspecified atom stereocenters. The normalized spacial score (nSPS) is 12.6. The van der Waals surface area contributed by atoms with Crippen molar-refractivity contribution in [3.05, 3.63) is 28.8 Å². The zero-order valence-electron chi connectivity index (χ0n) is 16.3. The van der Waals surface area contributed by atoms with Gasteiger partial charge < -0.3 is 20.7 Å². The summed E-state index contributed by atoms with van der Waals surface area (Å²) in [5, 5.41) is 19.9. The minimum atomic E-state index is -2.35. The van der Waals surface area contributed by atoms with Gasteiger partial charge >= 0.3 is 17.9 Å². The number of ether oxygens (including phenoxy) is 1. The molecule has 0 aromatic heterocycles. The molecule has 0 saturated carbocycles. The number of rotatable bonds is 4. The number of carbonyl (C=O) groups is 3. The van der Waals surface area contributed by atoms with Crippen LogP contribution in [-0.4, -0.2) is 35.2 Å². The lowest BCUT2D eigenvalue weighted by Crippen LogP contribution is -2.54. The Bertz CT molecular complexity index is 739. The summed E-state index contributed by atoms with van der Waals surface area (Å²) >= 11 is 0. The molecule has 1 aromatic carbocycles. The number of carboxylic acids is 2. The Balaban J connectivity index is 4.14. The maximum Gasteiger partial charge on any atom is 0.337 e. The fourth-order valence-corrected chi connectivity index (χ4v) is 3.19. The lowest BCUT2D eigenvalue weighted by molar-refractivity contribution is -0.164. The van der Waals surface area contributed by atoms with Gasteiger partial charge in [-0.25, -0.2) is 4.79 Å². The zero-order chi connectivity index (χ0) is 20.7. The minimum Gasteiger partial charge on any atom is -0.480 e. The van der Waals surface area contributed by atoms with Crippen LogP contribution >= 0.6 is 0 Å². The van der Waals surface area contributed by atoms with Crippen molar-refractivity contribution in [2.45, 2.75) is 52.4 Å². The average Bonchev–Trinajstić information content (AvgIpc) is 2.45. The van der Waals surface area contributed by atoms with Gasteiger partial charge in [0.05, 0.1) is 12.7 Å². The SMILES string of the molecule is COC(=O)c1cc(C(C)(C)C)c(N)c(C(C(=O)O)(C(=O)O)C(C)(C)C)c1. The monoisotopic (exact) mass is 365 g/mol. The predicted octanol–water partition coefficient (Wildman–Crippen LogP) is 2.81. The van der Waals surface area contributed by atoms with Gasteiger partial charge in [-0.15, -0.1) is 0 Å². The number of benzene rings is 1. The van der Waals surface area contributed by atoms with E-state index in [1.165, 1.54) is 40.0 Å². The van der Waals surface area contributed by atoms with Crippen molar-refractivity contribution in [1.82, 2.24) is 0 Å². The van der Waals surface area contributed by atoms with Crippen LogP contribution in [0.1, 0.15) is 63.0 Å². The third kappa shape index (κ3) is 3.25. The zero-order valence-corrected chi connectivity index (χ0v) is 16.3. The van der Waals surface area contributed by atoms with E-state index in [1.807, 2.05) is 20.8 Å². The van der Waals surface area contributed by atoms with Gasteiger partial charge in [0, 0.05) is 11.3 Å². The molecule has 0 fully saturated rings. The van der Waals surface area contributed by atoms with E-state index in [4.69, 9.17) is 10.5 Å². The Kier molecular flexibility index (Phi) is 5.47. The Labute approximate surface area is 153 Å². The Hall–Kier alpha value is -2.57. The molecule has 0 aliphatic heterocycles. The van der Waals surface area contributed by atoms with Gasteiger partial charge in [0.2, 0.25) is 0 Å². The van der Waals surface area contributed by atoms with Gasteiger partial charge in [0.25, 0.3) is 0 Å². The molecular weight excluding hydrogens is 338 g/mol. The van der Waals surface area contributed by atoms with E-state index in [-0.39, 0.29) is 16.8 Å². The van der Waals surface area contributed by atoms with Crippen LogP contribution < -0.4 is 5.73 Å². The third-order valence-corrected chi connectivity index (χ3v) is 4.58. The van der Waals surface area contributed by atoms with Gasteiger partial charge in [-0.2, -0.15) is 0 Å². The predicted molar refractivity (Wildman–Crippen MR) is 97.3 cm³/mol. The van der Waals surface area contributed by atoms with E-state index in [2.05, 4.69) is 0 Å². The molecule has 0 atom stereocenters. The maximum absolute atomic E-state index is 12.2. The van der Waals surface area contributed by atoms with E-state index in [0.29, 0.717) is 5.56 Å². The number of hydrogen-bond donors (Lipinski definition) is 3. The van der Waals surface area contributed by atoms with Crippen LogP contribution in [0, 0.1) is 5.41 Å². The van der Waals surface area contributed by atoms with E-state index in [1.54, 1.807) is 0 Å². The van der Waals surface area contributed by atoms with Crippen LogP contribution in [0.5, 0.6) is 0 Å². The van der Waals surface area contributed by atoms with Gasteiger partial charge in [-0.1, -0.05) is 41.5 Å². The highest BCUT2D eigenvalue weighted by Gasteiger charge is 2.58. The summed E-state index contributed by atoms with van der Waals surface area (Å²) in [7, 11) is 1.19. The van der Waals surface area contributed by atoms with Gasteiger partial charge in [0.1, 0.15) is 0 Å². The molecule has 0 aliphatic rings. The first kappa shape index (κ1) is 21.5. The number of hydrogen-bond acceptors (Lipinski definition) is 5. The number of methoxy groups -OCH3 is 1. The molecule has 0 spiro atoms. The highest BCUT2D eigenvalue weighted by molar-refractivity contribution is 6.08. The van der Waals surface area contributed by atoms with Crippen LogP contribution in [0.2, 0.25) is 0 Å². The molecule has 4 N–H and O–H groups in total. The highest BCUT2D eigenvalue weighted by atomic mass is 16.5. The Morgan fingerprint density at radius 2 is 1.35 bits per heavy atom. The van der Waals surface area contributed by atoms with Crippen molar-refractivity contribution in [3.8, 4) is 0 Å². The van der Waals surface area contributed by atoms with E-state index < -0.39 is 34.2 Å².